The summed E-state index contributed by atoms with van der Waals surface area (Å²) in [5.74, 6) is 3.52. The van der Waals surface area contributed by atoms with Crippen LogP contribution >= 0.6 is 11.9 Å². The molecular formula is C29H43NO2S. The molecule has 5 rings (SSSR count). The van der Waals surface area contributed by atoms with Crippen LogP contribution in [0.3, 0.4) is 0 Å². The average Bonchev–Trinajstić information content (AvgIpc) is 3.15. The van der Waals surface area contributed by atoms with Crippen LogP contribution in [0.15, 0.2) is 35.2 Å². The van der Waals surface area contributed by atoms with Gasteiger partial charge in [-0.25, -0.2) is 0 Å². The minimum absolute atomic E-state index is 0.0876. The summed E-state index contributed by atoms with van der Waals surface area (Å²) in [6, 6.07) is 10.0. The Kier molecular flexibility index (Phi) is 6.88. The second-order valence-electron chi connectivity index (χ2n) is 12.2. The van der Waals surface area contributed by atoms with Gasteiger partial charge in [-0.2, -0.15) is 0 Å². The van der Waals surface area contributed by atoms with Gasteiger partial charge in [0.15, 0.2) is 0 Å². The summed E-state index contributed by atoms with van der Waals surface area (Å²) in [7, 11) is 0. The van der Waals surface area contributed by atoms with Gasteiger partial charge in [-0.3, -0.25) is 9.52 Å². The van der Waals surface area contributed by atoms with Crippen LogP contribution in [0.5, 0.6) is 0 Å². The number of aliphatic hydroxyl groups excluding tert-OH is 1. The Morgan fingerprint density at radius 1 is 1.03 bits per heavy atom. The van der Waals surface area contributed by atoms with Crippen molar-refractivity contribution in [2.24, 2.45) is 40.4 Å². The van der Waals surface area contributed by atoms with E-state index in [9.17, 15) is 9.90 Å². The first kappa shape index (κ1) is 23.7. The third-order valence-electron chi connectivity index (χ3n) is 10.8. The molecule has 3 nitrogen and oxygen atoms in total. The van der Waals surface area contributed by atoms with Gasteiger partial charge < -0.3 is 5.11 Å². The highest BCUT2D eigenvalue weighted by atomic mass is 32.2. The first-order chi connectivity index (χ1) is 15.9. The molecule has 0 radical (unpaired) electrons. The molecule has 182 valence electrons. The Bertz CT molecular complexity index is 830. The summed E-state index contributed by atoms with van der Waals surface area (Å²) >= 11 is 1.42. The molecule has 33 heavy (non-hydrogen) atoms. The van der Waals surface area contributed by atoms with Gasteiger partial charge in [0.1, 0.15) is 0 Å². The SMILES string of the molecule is CC12CCC3C(C(O)CC4CCCCC43C)C1CCC2CCCC(=O)NSc1ccccc1. The molecule has 0 aromatic heterocycles. The molecule has 0 spiro atoms. The largest absolute Gasteiger partial charge is 0.393 e. The maximum absolute atomic E-state index is 12.4. The van der Waals surface area contributed by atoms with Crippen LogP contribution in [-0.2, 0) is 4.79 Å². The fourth-order valence-corrected chi connectivity index (χ4v) is 9.63. The second-order valence-corrected chi connectivity index (χ2v) is 13.1. The van der Waals surface area contributed by atoms with Gasteiger partial charge in [0.2, 0.25) is 5.91 Å². The monoisotopic (exact) mass is 469 g/mol. The highest BCUT2D eigenvalue weighted by Crippen LogP contribution is 2.67. The number of nitrogens with one attached hydrogen (secondary N) is 1. The third kappa shape index (κ3) is 4.40. The summed E-state index contributed by atoms with van der Waals surface area (Å²) in [4.78, 5) is 13.5. The van der Waals surface area contributed by atoms with Crippen molar-refractivity contribution in [3.63, 3.8) is 0 Å². The molecule has 4 aliphatic carbocycles. The Labute approximate surface area is 205 Å². The van der Waals surface area contributed by atoms with Gasteiger partial charge in [0, 0.05) is 11.3 Å². The Morgan fingerprint density at radius 3 is 2.64 bits per heavy atom. The number of aliphatic hydroxyl groups is 1. The summed E-state index contributed by atoms with van der Waals surface area (Å²) in [6.45, 7) is 5.13. The molecule has 1 aromatic carbocycles. The zero-order chi connectivity index (χ0) is 23.1. The number of fused-ring (bicyclic) bond motifs is 5. The number of hydrogen-bond donors (Lipinski definition) is 2. The highest BCUT2D eigenvalue weighted by molar-refractivity contribution is 7.98. The Hall–Kier alpha value is -1.00. The molecule has 4 aliphatic rings. The molecule has 2 N–H and O–H groups in total. The molecule has 8 atom stereocenters. The van der Waals surface area contributed by atoms with Crippen molar-refractivity contribution in [1.29, 1.82) is 0 Å². The first-order valence-corrected chi connectivity index (χ1v) is 14.4. The topological polar surface area (TPSA) is 49.3 Å². The standard InChI is InChI=1S/C29H43NO2S/c1-28-17-7-6-9-21(28)19-25(31)27-23-15-14-20(29(23,2)18-16-24(27)28)10-8-13-26(32)30-33-22-11-4-3-5-12-22/h3-5,11-12,20-21,23-25,27,31H,6-10,13-19H2,1-2H3,(H,30,32). The van der Waals surface area contributed by atoms with Crippen LogP contribution in [0.25, 0.3) is 0 Å². The van der Waals surface area contributed by atoms with Crippen LogP contribution in [-0.4, -0.2) is 17.1 Å². The van der Waals surface area contributed by atoms with Crippen molar-refractivity contribution in [2.75, 3.05) is 0 Å². The van der Waals surface area contributed by atoms with E-state index in [1.807, 2.05) is 30.3 Å². The van der Waals surface area contributed by atoms with Crippen molar-refractivity contribution in [2.45, 2.75) is 102 Å². The molecule has 4 saturated carbocycles. The van der Waals surface area contributed by atoms with E-state index in [1.165, 1.54) is 63.3 Å². The maximum atomic E-state index is 12.4. The summed E-state index contributed by atoms with van der Waals surface area (Å²) < 4.78 is 3.01. The minimum Gasteiger partial charge on any atom is -0.393 e. The van der Waals surface area contributed by atoms with Crippen molar-refractivity contribution in [3.8, 4) is 0 Å². The minimum atomic E-state index is -0.0876. The van der Waals surface area contributed by atoms with Crippen molar-refractivity contribution in [1.82, 2.24) is 4.72 Å². The smallest absolute Gasteiger partial charge is 0.230 e. The van der Waals surface area contributed by atoms with E-state index in [2.05, 4.69) is 18.6 Å². The van der Waals surface area contributed by atoms with E-state index >= 15 is 0 Å². The van der Waals surface area contributed by atoms with E-state index in [4.69, 9.17) is 0 Å². The number of carbonyl (C=O) groups is 1. The predicted molar refractivity (Wildman–Crippen MR) is 136 cm³/mol. The van der Waals surface area contributed by atoms with Crippen LogP contribution in [0.1, 0.15) is 90.9 Å². The first-order valence-electron chi connectivity index (χ1n) is 13.6. The molecule has 4 heteroatoms. The van der Waals surface area contributed by atoms with Gasteiger partial charge in [-0.1, -0.05) is 44.9 Å². The van der Waals surface area contributed by atoms with Gasteiger partial charge in [0.05, 0.1) is 6.10 Å². The lowest BCUT2D eigenvalue weighted by molar-refractivity contribution is -0.162. The lowest BCUT2D eigenvalue weighted by Crippen LogP contribution is -2.57. The van der Waals surface area contributed by atoms with E-state index in [0.29, 0.717) is 35.0 Å². The predicted octanol–water partition coefficient (Wildman–Crippen LogP) is 7.00. The molecule has 1 amide bonds. The van der Waals surface area contributed by atoms with Crippen molar-refractivity contribution >= 4 is 17.9 Å². The van der Waals surface area contributed by atoms with Gasteiger partial charge in [0.25, 0.3) is 0 Å². The average molecular weight is 470 g/mol. The van der Waals surface area contributed by atoms with Crippen LogP contribution < -0.4 is 4.72 Å². The number of benzene rings is 1. The van der Waals surface area contributed by atoms with Crippen LogP contribution in [0, 0.1) is 40.4 Å². The highest BCUT2D eigenvalue weighted by Gasteiger charge is 2.61. The Balaban J connectivity index is 1.17. The van der Waals surface area contributed by atoms with E-state index < -0.39 is 0 Å². The molecule has 0 saturated heterocycles. The van der Waals surface area contributed by atoms with E-state index in [1.54, 1.807) is 0 Å². The molecule has 8 unspecified atom stereocenters. The van der Waals surface area contributed by atoms with Gasteiger partial charge >= 0.3 is 0 Å². The fourth-order valence-electron chi connectivity index (χ4n) is 9.00. The molecule has 4 fully saturated rings. The summed E-state index contributed by atoms with van der Waals surface area (Å²) in [5, 5.41) is 11.4. The zero-order valence-electron chi connectivity index (χ0n) is 20.6. The molecular weight excluding hydrogens is 426 g/mol. The quantitative estimate of drug-likeness (QED) is 0.441. The Morgan fingerprint density at radius 2 is 1.82 bits per heavy atom. The zero-order valence-corrected chi connectivity index (χ0v) is 21.4. The summed E-state index contributed by atoms with van der Waals surface area (Å²) in [5.41, 5.74) is 0.825. The molecule has 0 heterocycles. The molecule has 0 aliphatic heterocycles. The lowest BCUT2D eigenvalue weighted by atomic mass is 9.44. The van der Waals surface area contributed by atoms with E-state index in [-0.39, 0.29) is 12.0 Å². The van der Waals surface area contributed by atoms with Crippen LogP contribution in [0.4, 0.5) is 0 Å². The van der Waals surface area contributed by atoms with E-state index in [0.717, 1.165) is 36.0 Å². The number of hydrogen-bond acceptors (Lipinski definition) is 3. The fraction of sp³-hybridized carbons (Fsp3) is 0.759. The molecule has 0 bridgehead atoms. The van der Waals surface area contributed by atoms with Gasteiger partial charge in [-0.05, 0) is 122 Å². The van der Waals surface area contributed by atoms with Gasteiger partial charge in [-0.15, -0.1) is 0 Å². The van der Waals surface area contributed by atoms with Crippen molar-refractivity contribution in [3.05, 3.63) is 30.3 Å². The number of carbonyl (C=O) groups excluding carboxylic acids is 1. The molecule has 1 aromatic rings. The van der Waals surface area contributed by atoms with Crippen molar-refractivity contribution < 1.29 is 9.90 Å². The maximum Gasteiger partial charge on any atom is 0.230 e. The van der Waals surface area contributed by atoms with Crippen LogP contribution in [0.2, 0.25) is 0 Å². The third-order valence-corrected chi connectivity index (χ3v) is 11.6. The number of rotatable bonds is 6. The number of amides is 1. The normalized spacial score (nSPS) is 42.2. The second kappa shape index (κ2) is 9.57. The summed E-state index contributed by atoms with van der Waals surface area (Å²) in [6.07, 6.45) is 14.4. The lowest BCUT2D eigenvalue weighted by Gasteiger charge is -2.62.